The fourth-order valence-electron chi connectivity index (χ4n) is 0.960. The molecule has 7 heavy (non-hydrogen) atoms. The Morgan fingerprint density at radius 2 is 2.29 bits per heavy atom. The van der Waals surface area contributed by atoms with Gasteiger partial charge in [0.15, 0.2) is 0 Å². The van der Waals surface area contributed by atoms with Gasteiger partial charge in [-0.15, -0.1) is 0 Å². The predicted octanol–water partition coefficient (Wildman–Crippen LogP) is -0.985. The second-order valence-corrected chi connectivity index (χ2v) is 2.14. The van der Waals surface area contributed by atoms with Gasteiger partial charge in [-0.25, -0.2) is 0 Å². The SMILES string of the molecule is C[C@@H]1[CH-]CCC1.[K+]. The molecule has 0 aliphatic heterocycles. The maximum Gasteiger partial charge on any atom is 1.00 e. The van der Waals surface area contributed by atoms with Gasteiger partial charge < -0.3 is 6.42 Å². The molecule has 1 saturated carbocycles. The molecule has 0 spiro atoms. The molecule has 0 saturated heterocycles. The zero-order valence-corrected chi connectivity index (χ0v) is 8.40. The van der Waals surface area contributed by atoms with Crippen LogP contribution in [-0.4, -0.2) is 0 Å². The van der Waals surface area contributed by atoms with Crippen LogP contribution in [-0.2, 0) is 0 Å². The van der Waals surface area contributed by atoms with E-state index in [-0.39, 0.29) is 51.4 Å². The van der Waals surface area contributed by atoms with Gasteiger partial charge in [0.2, 0.25) is 0 Å². The Labute approximate surface area is 88.5 Å². The van der Waals surface area contributed by atoms with Gasteiger partial charge in [0, 0.05) is 0 Å². The van der Waals surface area contributed by atoms with Crippen LogP contribution in [0.15, 0.2) is 0 Å². The molecule has 1 fully saturated rings. The molecular weight excluding hydrogens is 111 g/mol. The molecule has 0 amide bonds. The van der Waals surface area contributed by atoms with Gasteiger partial charge in [-0.3, -0.25) is 0 Å². The smallest absolute Gasteiger partial charge is 0.326 e. The molecule has 0 bridgehead atoms. The minimum atomic E-state index is 0. The van der Waals surface area contributed by atoms with Crippen LogP contribution in [0.4, 0.5) is 0 Å². The normalized spacial score (nSPS) is 29.6. The summed E-state index contributed by atoms with van der Waals surface area (Å²) in [6, 6.07) is 0. The monoisotopic (exact) mass is 122 g/mol. The molecule has 0 aromatic rings. The van der Waals surface area contributed by atoms with Gasteiger partial charge in [-0.1, -0.05) is 19.8 Å². The summed E-state index contributed by atoms with van der Waals surface area (Å²) < 4.78 is 0. The molecule has 0 N–H and O–H groups in total. The summed E-state index contributed by atoms with van der Waals surface area (Å²) in [6.07, 6.45) is 6.63. The van der Waals surface area contributed by atoms with Gasteiger partial charge in [0.05, 0.1) is 0 Å². The van der Waals surface area contributed by atoms with E-state index in [4.69, 9.17) is 0 Å². The van der Waals surface area contributed by atoms with E-state index < -0.39 is 0 Å². The van der Waals surface area contributed by atoms with Gasteiger partial charge in [0.1, 0.15) is 0 Å². The first-order chi connectivity index (χ1) is 2.89. The van der Waals surface area contributed by atoms with E-state index in [1.807, 2.05) is 0 Å². The summed E-state index contributed by atoms with van der Waals surface area (Å²) in [5.74, 6) is 0.921. The molecule has 0 nitrogen and oxygen atoms in total. The van der Waals surface area contributed by atoms with Crippen LogP contribution in [0.3, 0.4) is 0 Å². The van der Waals surface area contributed by atoms with Gasteiger partial charge >= 0.3 is 51.4 Å². The Balaban J connectivity index is 0.000000360. The minimum absolute atomic E-state index is 0. The summed E-state index contributed by atoms with van der Waals surface area (Å²) in [4.78, 5) is 0. The second kappa shape index (κ2) is 4.51. The van der Waals surface area contributed by atoms with Crippen molar-refractivity contribution in [3.63, 3.8) is 0 Å². The fourth-order valence-corrected chi connectivity index (χ4v) is 0.960. The molecule has 1 rings (SSSR count). The minimum Gasteiger partial charge on any atom is -0.326 e. The van der Waals surface area contributed by atoms with E-state index in [2.05, 4.69) is 13.3 Å². The Hall–Kier alpha value is 1.64. The van der Waals surface area contributed by atoms with E-state index >= 15 is 0 Å². The zero-order chi connectivity index (χ0) is 4.41. The topological polar surface area (TPSA) is 0 Å². The van der Waals surface area contributed by atoms with Crippen molar-refractivity contribution in [3.8, 4) is 0 Å². The maximum atomic E-state index is 2.40. The number of rotatable bonds is 0. The Morgan fingerprint density at radius 3 is 2.43 bits per heavy atom. The van der Waals surface area contributed by atoms with Crippen molar-refractivity contribution in [2.45, 2.75) is 26.2 Å². The Morgan fingerprint density at radius 1 is 1.57 bits per heavy atom. The molecule has 1 heteroatoms. The fraction of sp³-hybridized carbons (Fsp3) is 0.833. The van der Waals surface area contributed by atoms with Crippen LogP contribution < -0.4 is 51.4 Å². The molecule has 0 heterocycles. The van der Waals surface area contributed by atoms with Crippen LogP contribution in [0.5, 0.6) is 0 Å². The summed E-state index contributed by atoms with van der Waals surface area (Å²) in [6.45, 7) is 2.28. The Kier molecular flexibility index (Phi) is 5.56. The number of hydrogen-bond donors (Lipinski definition) is 0. The quantitative estimate of drug-likeness (QED) is 0.286. The zero-order valence-electron chi connectivity index (χ0n) is 5.28. The van der Waals surface area contributed by atoms with Gasteiger partial charge in [-0.05, 0) is 0 Å². The average Bonchev–Trinajstić information content (AvgIpc) is 1.86. The third kappa shape index (κ3) is 3.25. The molecule has 0 unspecified atom stereocenters. The van der Waals surface area contributed by atoms with Gasteiger partial charge in [-0.2, -0.15) is 12.3 Å². The Bertz CT molecular complexity index is 37.4. The summed E-state index contributed by atoms with van der Waals surface area (Å²) >= 11 is 0. The van der Waals surface area contributed by atoms with Crippen LogP contribution in [0, 0.1) is 12.3 Å². The van der Waals surface area contributed by atoms with E-state index in [9.17, 15) is 0 Å². The molecular formula is C6H11K. The van der Waals surface area contributed by atoms with Gasteiger partial charge in [0.25, 0.3) is 0 Å². The molecule has 1 aliphatic carbocycles. The van der Waals surface area contributed by atoms with Crippen molar-refractivity contribution in [1.29, 1.82) is 0 Å². The number of hydrogen-bond acceptors (Lipinski definition) is 0. The van der Waals surface area contributed by atoms with E-state index in [1.165, 1.54) is 19.3 Å². The molecule has 1 aliphatic rings. The van der Waals surface area contributed by atoms with Crippen molar-refractivity contribution in [3.05, 3.63) is 6.42 Å². The maximum absolute atomic E-state index is 2.40. The molecule has 1 atom stereocenters. The van der Waals surface area contributed by atoms with Crippen molar-refractivity contribution in [2.75, 3.05) is 0 Å². The summed E-state index contributed by atoms with van der Waals surface area (Å²) in [5.41, 5.74) is 0. The second-order valence-electron chi connectivity index (χ2n) is 2.14. The van der Waals surface area contributed by atoms with Crippen molar-refractivity contribution in [2.24, 2.45) is 5.92 Å². The van der Waals surface area contributed by atoms with Crippen LogP contribution >= 0.6 is 0 Å². The third-order valence-electron chi connectivity index (χ3n) is 1.43. The van der Waals surface area contributed by atoms with E-state index in [0.29, 0.717) is 0 Å². The van der Waals surface area contributed by atoms with Crippen molar-refractivity contribution in [1.82, 2.24) is 0 Å². The summed E-state index contributed by atoms with van der Waals surface area (Å²) in [5, 5.41) is 0. The standard InChI is InChI=1S/C6H11.K/c1-6-4-2-3-5-6;/h4,6H,2-3,5H2,1H3;/q-1;+1/t6-;/m1./s1. The first-order valence-corrected chi connectivity index (χ1v) is 2.73. The molecule has 0 aromatic heterocycles. The van der Waals surface area contributed by atoms with Crippen LogP contribution in [0.1, 0.15) is 26.2 Å². The first kappa shape index (κ1) is 8.64. The van der Waals surface area contributed by atoms with Crippen LogP contribution in [0.25, 0.3) is 0 Å². The summed E-state index contributed by atoms with van der Waals surface area (Å²) in [7, 11) is 0. The predicted molar refractivity (Wildman–Crippen MR) is 27.3 cm³/mol. The van der Waals surface area contributed by atoms with Crippen molar-refractivity contribution < 1.29 is 51.4 Å². The van der Waals surface area contributed by atoms with E-state index in [0.717, 1.165) is 5.92 Å². The molecule has 0 radical (unpaired) electrons. The molecule has 0 aromatic carbocycles. The average molecular weight is 122 g/mol. The largest absolute Gasteiger partial charge is 1.00 e. The van der Waals surface area contributed by atoms with E-state index in [1.54, 1.807) is 0 Å². The molecule has 36 valence electrons. The van der Waals surface area contributed by atoms with Crippen molar-refractivity contribution >= 4 is 0 Å². The van der Waals surface area contributed by atoms with Crippen LogP contribution in [0.2, 0.25) is 0 Å². The third-order valence-corrected chi connectivity index (χ3v) is 1.43. The first-order valence-electron chi connectivity index (χ1n) is 2.73.